The molecule has 0 saturated heterocycles. The van der Waals surface area contributed by atoms with Crippen LogP contribution in [-0.4, -0.2) is 63.1 Å². The first-order valence-corrected chi connectivity index (χ1v) is 12.2. The number of rotatable bonds is 11. The molecule has 2 rings (SSSR count). The zero-order chi connectivity index (χ0) is 27.4. The lowest BCUT2D eigenvalue weighted by molar-refractivity contribution is 0.0964. The second kappa shape index (κ2) is 14.8. The molecule has 2 aromatic rings. The van der Waals surface area contributed by atoms with Gasteiger partial charge in [0, 0.05) is 12.6 Å². The van der Waals surface area contributed by atoms with Gasteiger partial charge in [0.15, 0.2) is 33.2 Å². The van der Waals surface area contributed by atoms with Gasteiger partial charge in [0.05, 0.1) is 39.6 Å². The number of hydrogen-bond donors (Lipinski definition) is 4. The van der Waals surface area contributed by atoms with E-state index in [9.17, 15) is 9.59 Å². The van der Waals surface area contributed by atoms with Crippen LogP contribution in [0.25, 0.3) is 0 Å². The number of methoxy groups -OCH3 is 4. The van der Waals surface area contributed by atoms with Crippen molar-refractivity contribution in [3.63, 3.8) is 0 Å². The second-order valence-electron chi connectivity index (χ2n) is 7.61. The van der Waals surface area contributed by atoms with E-state index < -0.39 is 11.8 Å². The van der Waals surface area contributed by atoms with Crippen LogP contribution in [0, 0.1) is 0 Å². The Hall–Kier alpha value is -3.64. The zero-order valence-corrected chi connectivity index (χ0v) is 23.1. The van der Waals surface area contributed by atoms with Gasteiger partial charge in [-0.2, -0.15) is 0 Å². The summed E-state index contributed by atoms with van der Waals surface area (Å²) in [5.74, 6) is 0.693. The number of hydrogen-bond acceptors (Lipinski definition) is 8. The van der Waals surface area contributed by atoms with Crippen LogP contribution < -0.4 is 40.2 Å². The van der Waals surface area contributed by atoms with Gasteiger partial charge in [-0.25, -0.2) is 0 Å². The lowest BCUT2D eigenvalue weighted by atomic mass is 10.1. The molecule has 4 N–H and O–H groups in total. The van der Waals surface area contributed by atoms with E-state index in [1.54, 1.807) is 36.4 Å². The van der Waals surface area contributed by atoms with Crippen LogP contribution in [0.2, 0.25) is 0 Å². The van der Waals surface area contributed by atoms with E-state index in [0.717, 1.165) is 6.42 Å². The van der Waals surface area contributed by atoms with Gasteiger partial charge >= 0.3 is 0 Å². The molecule has 0 fully saturated rings. The average molecular weight is 549 g/mol. The molecule has 0 aromatic heterocycles. The smallest absolute Gasteiger partial charge is 0.261 e. The van der Waals surface area contributed by atoms with Gasteiger partial charge in [-0.15, -0.1) is 0 Å². The predicted octanol–water partition coefficient (Wildman–Crippen LogP) is 2.80. The molecule has 0 radical (unpaired) electrons. The standard InChI is InChI=1S/C25H32N4O6S2/c1-6-15(27-25(37)29-23(31)17-10-8-12-19(33-3)21(17)35-5)13-14-26-24(36)28-22(30)16-9-7-11-18(32-2)20(16)34-4/h7-12,15H,6,13-14H2,1-5H3,(H2,26,28,30,36)(H2,27,29,31,37)/t15-/m0/s1. The quantitative estimate of drug-likeness (QED) is 0.312. The van der Waals surface area contributed by atoms with E-state index >= 15 is 0 Å². The Morgan fingerprint density at radius 3 is 1.70 bits per heavy atom. The van der Waals surface area contributed by atoms with E-state index in [0.29, 0.717) is 47.1 Å². The maximum absolute atomic E-state index is 12.7. The molecule has 37 heavy (non-hydrogen) atoms. The number of amides is 2. The number of ether oxygens (including phenoxy) is 4. The van der Waals surface area contributed by atoms with Crippen molar-refractivity contribution in [3.8, 4) is 23.0 Å². The van der Waals surface area contributed by atoms with Crippen LogP contribution in [0.4, 0.5) is 0 Å². The van der Waals surface area contributed by atoms with Crippen LogP contribution in [0.5, 0.6) is 23.0 Å². The second-order valence-corrected chi connectivity index (χ2v) is 8.43. The third-order valence-electron chi connectivity index (χ3n) is 5.36. The highest BCUT2D eigenvalue weighted by Gasteiger charge is 2.19. The first-order chi connectivity index (χ1) is 17.8. The van der Waals surface area contributed by atoms with E-state index in [-0.39, 0.29) is 16.3 Å². The molecule has 0 heterocycles. The topological polar surface area (TPSA) is 119 Å². The molecule has 0 unspecified atom stereocenters. The van der Waals surface area contributed by atoms with Crippen molar-refractivity contribution < 1.29 is 28.5 Å². The fourth-order valence-corrected chi connectivity index (χ4v) is 3.93. The van der Waals surface area contributed by atoms with Crippen LogP contribution in [0.1, 0.15) is 40.5 Å². The van der Waals surface area contributed by atoms with E-state index in [1.165, 1.54) is 28.4 Å². The molecule has 200 valence electrons. The number of para-hydroxylation sites is 2. The molecule has 10 nitrogen and oxygen atoms in total. The minimum atomic E-state index is -0.421. The van der Waals surface area contributed by atoms with Crippen molar-refractivity contribution in [3.05, 3.63) is 47.5 Å². The van der Waals surface area contributed by atoms with E-state index in [1.807, 2.05) is 6.92 Å². The van der Waals surface area contributed by atoms with Crippen LogP contribution >= 0.6 is 24.4 Å². The predicted molar refractivity (Wildman–Crippen MR) is 149 cm³/mol. The summed E-state index contributed by atoms with van der Waals surface area (Å²) in [6.07, 6.45) is 1.35. The molecule has 0 spiro atoms. The van der Waals surface area contributed by atoms with Gasteiger partial charge < -0.3 is 29.6 Å². The van der Waals surface area contributed by atoms with Gasteiger partial charge in [-0.3, -0.25) is 20.2 Å². The molecular weight excluding hydrogens is 516 g/mol. The van der Waals surface area contributed by atoms with Crippen LogP contribution in [0.15, 0.2) is 36.4 Å². The highest BCUT2D eigenvalue weighted by Crippen LogP contribution is 2.31. The molecule has 0 saturated carbocycles. The summed E-state index contributed by atoms with van der Waals surface area (Å²) in [5, 5.41) is 11.8. The normalized spacial score (nSPS) is 10.9. The Balaban J connectivity index is 1.86. The highest BCUT2D eigenvalue weighted by molar-refractivity contribution is 7.80. The number of nitrogens with one attached hydrogen (secondary N) is 4. The Morgan fingerprint density at radius 2 is 1.27 bits per heavy atom. The Morgan fingerprint density at radius 1 is 0.784 bits per heavy atom. The summed E-state index contributed by atoms with van der Waals surface area (Å²) >= 11 is 10.6. The number of carbonyl (C=O) groups is 2. The summed E-state index contributed by atoms with van der Waals surface area (Å²) in [5.41, 5.74) is 0.599. The van der Waals surface area contributed by atoms with Gasteiger partial charge in [0.1, 0.15) is 0 Å². The maximum Gasteiger partial charge on any atom is 0.261 e. The zero-order valence-electron chi connectivity index (χ0n) is 21.4. The van der Waals surface area contributed by atoms with Gasteiger partial charge in [-0.1, -0.05) is 19.1 Å². The largest absolute Gasteiger partial charge is 0.493 e. The van der Waals surface area contributed by atoms with Crippen molar-refractivity contribution >= 4 is 46.5 Å². The number of carbonyl (C=O) groups excluding carboxylic acids is 2. The Bertz CT molecular complexity index is 1130. The molecular formula is C25H32N4O6S2. The first-order valence-electron chi connectivity index (χ1n) is 11.4. The number of benzene rings is 2. The molecule has 0 bridgehead atoms. The summed E-state index contributed by atoms with van der Waals surface area (Å²) in [7, 11) is 5.92. The summed E-state index contributed by atoms with van der Waals surface area (Å²) < 4.78 is 21.1. The molecule has 12 heteroatoms. The lowest BCUT2D eigenvalue weighted by Crippen LogP contribution is -2.46. The fourth-order valence-electron chi connectivity index (χ4n) is 3.48. The third-order valence-corrected chi connectivity index (χ3v) is 5.82. The fraction of sp³-hybridized carbons (Fsp3) is 0.360. The molecule has 0 aliphatic carbocycles. The molecule has 0 aliphatic rings. The Kier molecular flexibility index (Phi) is 11.8. The molecule has 2 aromatic carbocycles. The average Bonchev–Trinajstić information content (AvgIpc) is 2.90. The first kappa shape index (κ1) is 29.6. The minimum Gasteiger partial charge on any atom is -0.493 e. The van der Waals surface area contributed by atoms with Crippen molar-refractivity contribution in [2.45, 2.75) is 25.8 Å². The van der Waals surface area contributed by atoms with Gasteiger partial charge in [-0.05, 0) is 61.5 Å². The van der Waals surface area contributed by atoms with E-state index in [4.69, 9.17) is 43.4 Å². The molecule has 0 aliphatic heterocycles. The Labute approximate surface area is 227 Å². The van der Waals surface area contributed by atoms with Crippen molar-refractivity contribution in [1.82, 2.24) is 21.3 Å². The SMILES string of the molecule is CC[C@@H](CCNC(=S)NC(=O)c1cccc(OC)c1OC)NC(=S)NC(=O)c1cccc(OC)c1OC. The van der Waals surface area contributed by atoms with Crippen LogP contribution in [-0.2, 0) is 0 Å². The van der Waals surface area contributed by atoms with E-state index in [2.05, 4.69) is 21.3 Å². The molecule has 1 atom stereocenters. The van der Waals surface area contributed by atoms with Crippen molar-refractivity contribution in [2.75, 3.05) is 35.0 Å². The lowest BCUT2D eigenvalue weighted by Gasteiger charge is -2.20. The van der Waals surface area contributed by atoms with Gasteiger partial charge in [0.25, 0.3) is 11.8 Å². The van der Waals surface area contributed by atoms with Crippen molar-refractivity contribution in [2.24, 2.45) is 0 Å². The minimum absolute atomic E-state index is 0.0514. The van der Waals surface area contributed by atoms with Gasteiger partial charge in [0.2, 0.25) is 0 Å². The van der Waals surface area contributed by atoms with Crippen LogP contribution in [0.3, 0.4) is 0 Å². The molecule has 2 amide bonds. The van der Waals surface area contributed by atoms with Crippen molar-refractivity contribution in [1.29, 1.82) is 0 Å². The monoisotopic (exact) mass is 548 g/mol. The maximum atomic E-state index is 12.7. The highest BCUT2D eigenvalue weighted by atomic mass is 32.1. The summed E-state index contributed by atoms with van der Waals surface area (Å²) in [6, 6.07) is 9.97. The third kappa shape index (κ3) is 8.19. The summed E-state index contributed by atoms with van der Waals surface area (Å²) in [4.78, 5) is 25.4. The summed E-state index contributed by atoms with van der Waals surface area (Å²) in [6.45, 7) is 2.45. The number of thiocarbonyl (C=S) groups is 2.